The summed E-state index contributed by atoms with van der Waals surface area (Å²) in [5.41, 5.74) is 1.04. The average molecular weight is 276 g/mol. The van der Waals surface area contributed by atoms with E-state index in [2.05, 4.69) is 36.0 Å². The summed E-state index contributed by atoms with van der Waals surface area (Å²) >= 11 is 0. The molecular formula is C16H28N4. The van der Waals surface area contributed by atoms with Gasteiger partial charge in [-0.05, 0) is 38.1 Å². The first-order chi connectivity index (χ1) is 9.70. The molecule has 1 aliphatic heterocycles. The Balaban J connectivity index is 2.00. The van der Waals surface area contributed by atoms with Crippen LogP contribution in [0.5, 0.6) is 0 Å². The van der Waals surface area contributed by atoms with Crippen molar-refractivity contribution in [2.45, 2.75) is 59.0 Å². The molecule has 1 aromatic heterocycles. The van der Waals surface area contributed by atoms with Crippen molar-refractivity contribution in [3.05, 3.63) is 18.1 Å². The van der Waals surface area contributed by atoms with Crippen LogP contribution in [0.15, 0.2) is 12.4 Å². The Morgan fingerprint density at radius 3 is 2.95 bits per heavy atom. The molecule has 0 spiro atoms. The summed E-state index contributed by atoms with van der Waals surface area (Å²) < 4.78 is 0. The fourth-order valence-corrected chi connectivity index (χ4v) is 2.83. The molecule has 112 valence electrons. The lowest BCUT2D eigenvalue weighted by atomic mass is 10.0. The van der Waals surface area contributed by atoms with Crippen molar-refractivity contribution in [3.8, 4) is 0 Å². The molecule has 20 heavy (non-hydrogen) atoms. The highest BCUT2D eigenvalue weighted by atomic mass is 15.2. The van der Waals surface area contributed by atoms with E-state index in [0.29, 0.717) is 12.0 Å². The maximum absolute atomic E-state index is 4.79. The maximum atomic E-state index is 4.79. The molecule has 0 amide bonds. The summed E-state index contributed by atoms with van der Waals surface area (Å²) in [5.74, 6) is 1.72. The van der Waals surface area contributed by atoms with Crippen molar-refractivity contribution in [2.24, 2.45) is 5.92 Å². The minimum absolute atomic E-state index is 0.636. The zero-order valence-electron chi connectivity index (χ0n) is 13.1. The Labute approximate surface area is 123 Å². The second kappa shape index (κ2) is 7.58. The number of anilines is 1. The molecule has 0 bridgehead atoms. The SMILES string of the molecule is CCC1CCCCN1c1cncc(CNCC(C)C)n1. The molecule has 2 heterocycles. The molecule has 1 N–H and O–H groups in total. The smallest absolute Gasteiger partial charge is 0.147 e. The molecule has 0 saturated carbocycles. The lowest BCUT2D eigenvalue weighted by Gasteiger charge is -2.36. The lowest BCUT2D eigenvalue weighted by molar-refractivity contribution is 0.445. The topological polar surface area (TPSA) is 41.1 Å². The van der Waals surface area contributed by atoms with Crippen LogP contribution in [-0.4, -0.2) is 29.1 Å². The number of hydrogen-bond donors (Lipinski definition) is 1. The van der Waals surface area contributed by atoms with E-state index < -0.39 is 0 Å². The van der Waals surface area contributed by atoms with Crippen LogP contribution in [0.3, 0.4) is 0 Å². The molecule has 4 heteroatoms. The predicted molar refractivity (Wildman–Crippen MR) is 83.9 cm³/mol. The van der Waals surface area contributed by atoms with Gasteiger partial charge in [-0.3, -0.25) is 4.98 Å². The van der Waals surface area contributed by atoms with Crippen LogP contribution in [0.4, 0.5) is 5.82 Å². The zero-order valence-corrected chi connectivity index (χ0v) is 13.1. The molecular weight excluding hydrogens is 248 g/mol. The van der Waals surface area contributed by atoms with Gasteiger partial charge in [-0.15, -0.1) is 0 Å². The van der Waals surface area contributed by atoms with Gasteiger partial charge in [-0.1, -0.05) is 20.8 Å². The van der Waals surface area contributed by atoms with Gasteiger partial charge in [0.25, 0.3) is 0 Å². The Kier molecular flexibility index (Phi) is 5.77. The highest BCUT2D eigenvalue weighted by Crippen LogP contribution is 2.24. The van der Waals surface area contributed by atoms with Crippen molar-refractivity contribution < 1.29 is 0 Å². The van der Waals surface area contributed by atoms with Crippen LogP contribution < -0.4 is 10.2 Å². The Morgan fingerprint density at radius 1 is 1.35 bits per heavy atom. The summed E-state index contributed by atoms with van der Waals surface area (Å²) in [7, 11) is 0. The van der Waals surface area contributed by atoms with Gasteiger partial charge in [0.05, 0.1) is 11.9 Å². The Bertz CT molecular complexity index is 405. The van der Waals surface area contributed by atoms with Gasteiger partial charge < -0.3 is 10.2 Å². The van der Waals surface area contributed by atoms with E-state index in [0.717, 1.165) is 31.1 Å². The predicted octanol–water partition coefficient (Wildman–Crippen LogP) is 2.99. The van der Waals surface area contributed by atoms with Crippen molar-refractivity contribution in [2.75, 3.05) is 18.0 Å². The van der Waals surface area contributed by atoms with Gasteiger partial charge in [-0.2, -0.15) is 0 Å². The van der Waals surface area contributed by atoms with E-state index in [9.17, 15) is 0 Å². The molecule has 0 radical (unpaired) electrons. The zero-order chi connectivity index (χ0) is 14.4. The number of nitrogens with zero attached hydrogens (tertiary/aromatic N) is 3. The summed E-state index contributed by atoms with van der Waals surface area (Å²) in [6.45, 7) is 9.65. The van der Waals surface area contributed by atoms with Crippen molar-refractivity contribution in [3.63, 3.8) is 0 Å². The second-order valence-corrected chi connectivity index (χ2v) is 6.14. The molecule has 0 aromatic carbocycles. The monoisotopic (exact) mass is 276 g/mol. The number of piperidine rings is 1. The number of aromatic nitrogens is 2. The number of nitrogens with one attached hydrogen (secondary N) is 1. The van der Waals surface area contributed by atoms with Crippen LogP contribution in [-0.2, 0) is 6.54 Å². The van der Waals surface area contributed by atoms with E-state index in [-0.39, 0.29) is 0 Å². The third kappa shape index (κ3) is 4.17. The summed E-state index contributed by atoms with van der Waals surface area (Å²) in [5, 5.41) is 3.44. The first-order valence-electron chi connectivity index (χ1n) is 7.99. The normalized spacial score (nSPS) is 19.6. The molecule has 4 nitrogen and oxygen atoms in total. The fourth-order valence-electron chi connectivity index (χ4n) is 2.83. The summed E-state index contributed by atoms with van der Waals surface area (Å²) in [6.07, 6.45) is 8.89. The highest BCUT2D eigenvalue weighted by Gasteiger charge is 2.22. The van der Waals surface area contributed by atoms with E-state index in [1.165, 1.54) is 25.7 Å². The number of hydrogen-bond acceptors (Lipinski definition) is 4. The van der Waals surface area contributed by atoms with Gasteiger partial charge in [0.2, 0.25) is 0 Å². The van der Waals surface area contributed by atoms with Crippen molar-refractivity contribution in [1.82, 2.24) is 15.3 Å². The van der Waals surface area contributed by atoms with Gasteiger partial charge in [0, 0.05) is 25.3 Å². The van der Waals surface area contributed by atoms with Gasteiger partial charge >= 0.3 is 0 Å². The third-order valence-corrected chi connectivity index (χ3v) is 3.92. The van der Waals surface area contributed by atoms with Crippen LogP contribution in [0, 0.1) is 5.92 Å². The largest absolute Gasteiger partial charge is 0.352 e. The van der Waals surface area contributed by atoms with Crippen LogP contribution >= 0.6 is 0 Å². The molecule has 1 saturated heterocycles. The average Bonchev–Trinajstić information content (AvgIpc) is 2.47. The molecule has 1 aromatic rings. The molecule has 1 atom stereocenters. The molecule has 0 aliphatic carbocycles. The Morgan fingerprint density at radius 2 is 2.20 bits per heavy atom. The molecule has 2 rings (SSSR count). The highest BCUT2D eigenvalue weighted by molar-refractivity contribution is 5.38. The summed E-state index contributed by atoms with van der Waals surface area (Å²) in [4.78, 5) is 11.6. The number of rotatable bonds is 6. The van der Waals surface area contributed by atoms with Crippen LogP contribution in [0.2, 0.25) is 0 Å². The molecule has 1 fully saturated rings. The first-order valence-corrected chi connectivity index (χ1v) is 7.99. The Hall–Kier alpha value is -1.16. The minimum atomic E-state index is 0.636. The molecule has 1 unspecified atom stereocenters. The van der Waals surface area contributed by atoms with Crippen LogP contribution in [0.25, 0.3) is 0 Å². The second-order valence-electron chi connectivity index (χ2n) is 6.14. The van der Waals surface area contributed by atoms with E-state index in [1.54, 1.807) is 0 Å². The first kappa shape index (κ1) is 15.2. The van der Waals surface area contributed by atoms with Crippen LogP contribution in [0.1, 0.15) is 52.1 Å². The minimum Gasteiger partial charge on any atom is -0.352 e. The van der Waals surface area contributed by atoms with Gasteiger partial charge in [0.15, 0.2) is 0 Å². The third-order valence-electron chi connectivity index (χ3n) is 3.92. The van der Waals surface area contributed by atoms with E-state index in [1.807, 2.05) is 12.4 Å². The standard InChI is InChI=1S/C16H28N4/c1-4-15-7-5-6-8-20(15)16-12-18-11-14(19-16)10-17-9-13(2)3/h11-13,15,17H,4-10H2,1-3H3. The lowest BCUT2D eigenvalue weighted by Crippen LogP contribution is -2.39. The van der Waals surface area contributed by atoms with Gasteiger partial charge in [0.1, 0.15) is 5.82 Å². The quantitative estimate of drug-likeness (QED) is 0.867. The maximum Gasteiger partial charge on any atom is 0.147 e. The summed E-state index contributed by atoms with van der Waals surface area (Å²) in [6, 6.07) is 0.636. The van der Waals surface area contributed by atoms with Crippen molar-refractivity contribution in [1.29, 1.82) is 0 Å². The van der Waals surface area contributed by atoms with E-state index >= 15 is 0 Å². The van der Waals surface area contributed by atoms with Crippen molar-refractivity contribution >= 4 is 5.82 Å². The fraction of sp³-hybridized carbons (Fsp3) is 0.750. The van der Waals surface area contributed by atoms with Gasteiger partial charge in [-0.25, -0.2) is 4.98 Å². The van der Waals surface area contributed by atoms with E-state index in [4.69, 9.17) is 4.98 Å². The molecule has 1 aliphatic rings.